The number of aryl methyl sites for hydroxylation is 1. The van der Waals surface area contributed by atoms with Crippen molar-refractivity contribution in [3.05, 3.63) is 89.4 Å². The highest BCUT2D eigenvalue weighted by molar-refractivity contribution is 5.64. The van der Waals surface area contributed by atoms with Crippen LogP contribution in [0.25, 0.3) is 16.8 Å². The number of hydrogen-bond acceptors (Lipinski definition) is 4. The van der Waals surface area contributed by atoms with Crippen molar-refractivity contribution in [2.45, 2.75) is 19.6 Å². The van der Waals surface area contributed by atoms with E-state index in [1.54, 1.807) is 42.0 Å². The zero-order chi connectivity index (χ0) is 19.0. The number of pyridine rings is 2. The van der Waals surface area contributed by atoms with Crippen LogP contribution in [0.1, 0.15) is 28.8 Å². The fourth-order valence-electron chi connectivity index (χ4n) is 3.22. The third-order valence-electron chi connectivity index (χ3n) is 4.57. The van der Waals surface area contributed by atoms with Crippen molar-refractivity contribution in [3.63, 3.8) is 0 Å². The molecule has 4 aromatic rings. The van der Waals surface area contributed by atoms with Gasteiger partial charge in [-0.05, 0) is 66.4 Å². The average Bonchev–Trinajstić information content (AvgIpc) is 3.08. The quantitative estimate of drug-likeness (QED) is 0.545. The second kappa shape index (κ2) is 6.90. The van der Waals surface area contributed by atoms with Crippen LogP contribution in [0.2, 0.25) is 0 Å². The number of aliphatic hydroxyl groups is 2. The molecule has 27 heavy (non-hydrogen) atoms. The summed E-state index contributed by atoms with van der Waals surface area (Å²) >= 11 is 0. The first-order valence-corrected chi connectivity index (χ1v) is 8.55. The SMILES string of the molecule is Cc1cc(-c2ncccc2Cc2ccn3c(C(O)O)ncc3c2)ccc1F. The Morgan fingerprint density at radius 3 is 2.74 bits per heavy atom. The van der Waals surface area contributed by atoms with Gasteiger partial charge in [-0.3, -0.25) is 9.38 Å². The zero-order valence-electron chi connectivity index (χ0n) is 14.7. The second-order valence-electron chi connectivity index (χ2n) is 6.47. The molecule has 0 atom stereocenters. The molecule has 0 aliphatic carbocycles. The van der Waals surface area contributed by atoms with Crippen molar-refractivity contribution in [3.8, 4) is 11.3 Å². The third kappa shape index (κ3) is 3.32. The minimum absolute atomic E-state index is 0.181. The van der Waals surface area contributed by atoms with Crippen LogP contribution >= 0.6 is 0 Å². The van der Waals surface area contributed by atoms with Crippen LogP contribution in [-0.4, -0.2) is 24.6 Å². The van der Waals surface area contributed by atoms with Crippen LogP contribution in [0.15, 0.2) is 61.1 Å². The lowest BCUT2D eigenvalue weighted by atomic mass is 9.99. The standard InChI is InChI=1S/C21H18FN3O2/c1-13-9-16(4-5-18(13)22)19-15(3-2-7-23-19)10-14-6-8-25-17(11-14)12-24-20(25)21(26)27/h2-9,11-12,21,26-27H,10H2,1H3. The normalized spacial score (nSPS) is 11.4. The molecule has 0 fully saturated rings. The molecule has 0 saturated heterocycles. The Morgan fingerprint density at radius 2 is 1.96 bits per heavy atom. The molecule has 0 amide bonds. The van der Waals surface area contributed by atoms with Gasteiger partial charge in [-0.2, -0.15) is 0 Å². The van der Waals surface area contributed by atoms with E-state index in [2.05, 4.69) is 9.97 Å². The molecule has 0 radical (unpaired) electrons. The molecule has 6 heteroatoms. The summed E-state index contributed by atoms with van der Waals surface area (Å²) in [5.41, 5.74) is 5.11. The van der Waals surface area contributed by atoms with Crippen molar-refractivity contribution < 1.29 is 14.6 Å². The van der Waals surface area contributed by atoms with Crippen molar-refractivity contribution in [2.75, 3.05) is 0 Å². The van der Waals surface area contributed by atoms with Crippen LogP contribution in [0.4, 0.5) is 4.39 Å². The highest BCUT2D eigenvalue weighted by Crippen LogP contribution is 2.26. The maximum absolute atomic E-state index is 13.6. The molecule has 3 heterocycles. The molecular weight excluding hydrogens is 345 g/mol. The lowest BCUT2D eigenvalue weighted by molar-refractivity contribution is -0.0497. The molecule has 0 saturated carbocycles. The summed E-state index contributed by atoms with van der Waals surface area (Å²) in [6.07, 6.45) is 4.12. The van der Waals surface area contributed by atoms with E-state index >= 15 is 0 Å². The lowest BCUT2D eigenvalue weighted by Gasteiger charge is -2.11. The fraction of sp³-hybridized carbons (Fsp3) is 0.143. The Kier molecular flexibility index (Phi) is 4.43. The molecule has 3 aromatic heterocycles. The molecule has 1 aromatic carbocycles. The second-order valence-corrected chi connectivity index (χ2v) is 6.47. The van der Waals surface area contributed by atoms with Gasteiger partial charge >= 0.3 is 0 Å². The molecule has 0 spiro atoms. The number of imidazole rings is 1. The highest BCUT2D eigenvalue weighted by Gasteiger charge is 2.12. The average molecular weight is 363 g/mol. The first-order valence-electron chi connectivity index (χ1n) is 8.55. The molecular formula is C21H18FN3O2. The Morgan fingerprint density at radius 1 is 1.11 bits per heavy atom. The van der Waals surface area contributed by atoms with E-state index in [4.69, 9.17) is 0 Å². The fourth-order valence-corrected chi connectivity index (χ4v) is 3.22. The number of halogens is 1. The smallest absolute Gasteiger partial charge is 0.212 e. The Labute approximate surface area is 155 Å². The summed E-state index contributed by atoms with van der Waals surface area (Å²) in [6, 6.07) is 12.7. The first kappa shape index (κ1) is 17.3. The van der Waals surface area contributed by atoms with E-state index in [1.165, 1.54) is 6.07 Å². The monoisotopic (exact) mass is 363 g/mol. The predicted octanol–water partition coefficient (Wildman–Crippen LogP) is 3.42. The van der Waals surface area contributed by atoms with Gasteiger partial charge in [0.05, 0.1) is 17.4 Å². The van der Waals surface area contributed by atoms with E-state index in [1.807, 2.05) is 24.3 Å². The molecule has 0 aliphatic rings. The predicted molar refractivity (Wildman–Crippen MR) is 99.5 cm³/mol. The van der Waals surface area contributed by atoms with Crippen LogP contribution in [0.3, 0.4) is 0 Å². The number of rotatable bonds is 4. The highest BCUT2D eigenvalue weighted by atomic mass is 19.1. The van der Waals surface area contributed by atoms with Crippen LogP contribution in [-0.2, 0) is 6.42 Å². The van der Waals surface area contributed by atoms with E-state index in [-0.39, 0.29) is 11.6 Å². The summed E-state index contributed by atoms with van der Waals surface area (Å²) < 4.78 is 15.2. The minimum Gasteiger partial charge on any atom is -0.362 e. The van der Waals surface area contributed by atoms with E-state index in [9.17, 15) is 14.6 Å². The molecule has 0 unspecified atom stereocenters. The summed E-state index contributed by atoms with van der Waals surface area (Å²) in [7, 11) is 0. The molecule has 0 bridgehead atoms. The number of aliphatic hydroxyl groups excluding tert-OH is 1. The van der Waals surface area contributed by atoms with Crippen molar-refractivity contribution in [1.29, 1.82) is 0 Å². The van der Waals surface area contributed by atoms with E-state index in [0.717, 1.165) is 27.9 Å². The maximum Gasteiger partial charge on any atom is 0.212 e. The first-order chi connectivity index (χ1) is 13.0. The van der Waals surface area contributed by atoms with Crippen molar-refractivity contribution >= 4 is 5.52 Å². The molecule has 5 nitrogen and oxygen atoms in total. The van der Waals surface area contributed by atoms with Crippen LogP contribution < -0.4 is 0 Å². The number of nitrogens with zero attached hydrogens (tertiary/aromatic N) is 3. The van der Waals surface area contributed by atoms with Gasteiger partial charge in [0.2, 0.25) is 6.29 Å². The Bertz CT molecular complexity index is 1120. The van der Waals surface area contributed by atoms with Gasteiger partial charge < -0.3 is 10.2 Å². The van der Waals surface area contributed by atoms with Gasteiger partial charge in [0, 0.05) is 18.0 Å². The summed E-state index contributed by atoms with van der Waals surface area (Å²) in [6.45, 7) is 1.74. The zero-order valence-corrected chi connectivity index (χ0v) is 14.7. The summed E-state index contributed by atoms with van der Waals surface area (Å²) in [4.78, 5) is 8.54. The topological polar surface area (TPSA) is 70.7 Å². The molecule has 0 aliphatic heterocycles. The maximum atomic E-state index is 13.6. The molecule has 136 valence electrons. The van der Waals surface area contributed by atoms with Crippen LogP contribution in [0, 0.1) is 12.7 Å². The number of fused-ring (bicyclic) bond motifs is 1. The van der Waals surface area contributed by atoms with E-state index in [0.29, 0.717) is 12.0 Å². The largest absolute Gasteiger partial charge is 0.362 e. The summed E-state index contributed by atoms with van der Waals surface area (Å²) in [5, 5.41) is 18.7. The number of aromatic nitrogens is 3. The molecule has 4 rings (SSSR count). The number of benzene rings is 1. The van der Waals surface area contributed by atoms with Gasteiger partial charge in [-0.1, -0.05) is 6.07 Å². The number of hydrogen-bond donors (Lipinski definition) is 2. The third-order valence-corrected chi connectivity index (χ3v) is 4.57. The molecule has 2 N–H and O–H groups in total. The van der Waals surface area contributed by atoms with Crippen LogP contribution in [0.5, 0.6) is 0 Å². The summed E-state index contributed by atoms with van der Waals surface area (Å²) in [5.74, 6) is -0.0512. The minimum atomic E-state index is -1.62. The van der Waals surface area contributed by atoms with Gasteiger partial charge in [-0.25, -0.2) is 9.37 Å². The Balaban J connectivity index is 1.71. The van der Waals surface area contributed by atoms with Gasteiger partial charge in [-0.15, -0.1) is 0 Å². The van der Waals surface area contributed by atoms with Gasteiger partial charge in [0.15, 0.2) is 5.82 Å². The van der Waals surface area contributed by atoms with Gasteiger partial charge in [0.1, 0.15) is 5.82 Å². The lowest BCUT2D eigenvalue weighted by Crippen LogP contribution is -2.02. The van der Waals surface area contributed by atoms with E-state index < -0.39 is 6.29 Å². The van der Waals surface area contributed by atoms with Crippen molar-refractivity contribution in [2.24, 2.45) is 0 Å². The van der Waals surface area contributed by atoms with Gasteiger partial charge in [0.25, 0.3) is 0 Å². The van der Waals surface area contributed by atoms with Crippen molar-refractivity contribution in [1.82, 2.24) is 14.4 Å². The Hall–Kier alpha value is -3.09.